The zero-order valence-corrected chi connectivity index (χ0v) is 14.1. The van der Waals surface area contributed by atoms with Crippen molar-refractivity contribution in [3.05, 3.63) is 60.8 Å². The second kappa shape index (κ2) is 10.1. The maximum absolute atomic E-state index is 11.5. The zero-order valence-electron chi connectivity index (χ0n) is 14.1. The minimum Gasteiger partial charge on any atom is -0.300 e. The molecule has 0 unspecified atom stereocenters. The molecule has 1 aliphatic carbocycles. The molecule has 0 aromatic carbocycles. The van der Waals surface area contributed by atoms with E-state index in [0.717, 1.165) is 25.9 Å². The van der Waals surface area contributed by atoms with Crippen LogP contribution in [-0.2, 0) is 4.79 Å². The number of rotatable bonds is 8. The van der Waals surface area contributed by atoms with Gasteiger partial charge in [0.05, 0.1) is 0 Å². The Bertz CT molecular complexity index is 472. The third-order valence-electron chi connectivity index (χ3n) is 4.15. The van der Waals surface area contributed by atoms with E-state index in [1.807, 2.05) is 25.2 Å². The van der Waals surface area contributed by atoms with E-state index in [1.165, 1.54) is 11.1 Å². The highest BCUT2D eigenvalue weighted by Gasteiger charge is 2.24. The average Bonchev–Trinajstić information content (AvgIpc) is 2.53. The van der Waals surface area contributed by atoms with Crippen LogP contribution in [-0.4, -0.2) is 29.8 Å². The fourth-order valence-electron chi connectivity index (χ4n) is 2.86. The molecule has 0 atom stereocenters. The number of allylic oxidation sites excluding steroid dienone is 4. The van der Waals surface area contributed by atoms with Gasteiger partial charge in [0, 0.05) is 32.0 Å². The number of carbonyl (C=O) groups excluding carboxylic acids is 1. The third kappa shape index (κ3) is 5.98. The van der Waals surface area contributed by atoms with Gasteiger partial charge in [-0.15, -0.1) is 0 Å². The fraction of sp³-hybridized carbons (Fsp3) is 0.450. The van der Waals surface area contributed by atoms with Crippen LogP contribution in [0.15, 0.2) is 60.8 Å². The van der Waals surface area contributed by atoms with Gasteiger partial charge in [0.2, 0.25) is 0 Å². The summed E-state index contributed by atoms with van der Waals surface area (Å²) < 4.78 is 0. The van der Waals surface area contributed by atoms with Crippen molar-refractivity contribution in [2.45, 2.75) is 45.6 Å². The van der Waals surface area contributed by atoms with Crippen LogP contribution in [0.2, 0.25) is 0 Å². The van der Waals surface area contributed by atoms with E-state index in [-0.39, 0.29) is 0 Å². The molecule has 0 aromatic heterocycles. The van der Waals surface area contributed by atoms with E-state index in [4.69, 9.17) is 0 Å². The lowest BCUT2D eigenvalue weighted by atomic mass is 9.92. The van der Waals surface area contributed by atoms with E-state index in [0.29, 0.717) is 24.7 Å². The van der Waals surface area contributed by atoms with Crippen molar-refractivity contribution < 1.29 is 4.79 Å². The summed E-state index contributed by atoms with van der Waals surface area (Å²) in [5.74, 6) is 0.404. The predicted molar refractivity (Wildman–Crippen MR) is 95.9 cm³/mol. The summed E-state index contributed by atoms with van der Waals surface area (Å²) in [5, 5.41) is 0. The number of hydrogen-bond donors (Lipinski definition) is 0. The van der Waals surface area contributed by atoms with E-state index in [1.54, 1.807) is 0 Å². The van der Waals surface area contributed by atoms with Crippen LogP contribution in [0.5, 0.6) is 0 Å². The SMILES string of the molecule is C=C/C=C(\C=C)CN(CC(/C=C\C)=C/C)C1CCC(=O)CC1. The summed E-state index contributed by atoms with van der Waals surface area (Å²) in [4.78, 5) is 14.0. The predicted octanol–water partition coefficient (Wildman–Crippen LogP) is 4.62. The van der Waals surface area contributed by atoms with Gasteiger partial charge in [-0.25, -0.2) is 0 Å². The minimum atomic E-state index is 0.404. The molecule has 1 rings (SSSR count). The Hall–Kier alpha value is -1.67. The summed E-state index contributed by atoms with van der Waals surface area (Å²) in [6.45, 7) is 13.5. The molecule has 2 heteroatoms. The van der Waals surface area contributed by atoms with Gasteiger partial charge in [0.15, 0.2) is 0 Å². The van der Waals surface area contributed by atoms with E-state index in [2.05, 4.69) is 43.2 Å². The second-order valence-corrected chi connectivity index (χ2v) is 5.72. The van der Waals surface area contributed by atoms with Crippen LogP contribution < -0.4 is 0 Å². The van der Waals surface area contributed by atoms with Gasteiger partial charge in [0.25, 0.3) is 0 Å². The molecular weight excluding hydrogens is 270 g/mol. The van der Waals surface area contributed by atoms with Crippen molar-refractivity contribution >= 4 is 5.78 Å². The largest absolute Gasteiger partial charge is 0.300 e. The Kier molecular flexibility index (Phi) is 8.46. The third-order valence-corrected chi connectivity index (χ3v) is 4.15. The van der Waals surface area contributed by atoms with Crippen molar-refractivity contribution in [2.75, 3.05) is 13.1 Å². The summed E-state index contributed by atoms with van der Waals surface area (Å²) in [6.07, 6.45) is 15.5. The molecule has 0 saturated heterocycles. The first kappa shape index (κ1) is 18.4. The monoisotopic (exact) mass is 299 g/mol. The molecule has 120 valence electrons. The molecular formula is C20H29NO. The van der Waals surface area contributed by atoms with Crippen molar-refractivity contribution in [3.63, 3.8) is 0 Å². The highest BCUT2D eigenvalue weighted by Crippen LogP contribution is 2.23. The Balaban J connectivity index is 2.88. The van der Waals surface area contributed by atoms with Crippen molar-refractivity contribution in [1.29, 1.82) is 0 Å². The highest BCUT2D eigenvalue weighted by molar-refractivity contribution is 5.79. The summed E-state index contributed by atoms with van der Waals surface area (Å²) >= 11 is 0. The standard InChI is InChI=1S/C20H29NO/c1-5-9-17(7-3)15-21(16-18(8-4)10-6-2)19-11-13-20(22)14-12-19/h5-10,19H,1,3,11-16H2,2,4H3/b10-6-,17-9+,18-8+. The number of ketones is 1. The van der Waals surface area contributed by atoms with Gasteiger partial charge in [-0.2, -0.15) is 0 Å². The molecule has 0 aromatic rings. The molecule has 0 N–H and O–H groups in total. The Labute approximate surface area is 135 Å². The van der Waals surface area contributed by atoms with Gasteiger partial charge >= 0.3 is 0 Å². The van der Waals surface area contributed by atoms with Gasteiger partial charge in [-0.3, -0.25) is 9.69 Å². The molecule has 0 spiro atoms. The van der Waals surface area contributed by atoms with Crippen LogP contribution in [0.1, 0.15) is 39.5 Å². The maximum atomic E-state index is 11.5. The second-order valence-electron chi connectivity index (χ2n) is 5.72. The molecule has 1 aliphatic rings. The molecule has 0 radical (unpaired) electrons. The van der Waals surface area contributed by atoms with Crippen LogP contribution >= 0.6 is 0 Å². The smallest absolute Gasteiger partial charge is 0.133 e. The molecule has 0 bridgehead atoms. The van der Waals surface area contributed by atoms with Crippen LogP contribution in [0.25, 0.3) is 0 Å². The Morgan fingerprint density at radius 3 is 2.32 bits per heavy atom. The van der Waals surface area contributed by atoms with Crippen molar-refractivity contribution in [2.24, 2.45) is 0 Å². The fourth-order valence-corrected chi connectivity index (χ4v) is 2.86. The number of nitrogens with zero attached hydrogens (tertiary/aromatic N) is 1. The first-order chi connectivity index (χ1) is 10.6. The van der Waals surface area contributed by atoms with E-state index >= 15 is 0 Å². The summed E-state index contributed by atoms with van der Waals surface area (Å²) in [7, 11) is 0. The quantitative estimate of drug-likeness (QED) is 0.609. The van der Waals surface area contributed by atoms with Gasteiger partial charge < -0.3 is 0 Å². The summed E-state index contributed by atoms with van der Waals surface area (Å²) in [6, 6.07) is 0.464. The van der Waals surface area contributed by atoms with E-state index < -0.39 is 0 Å². The molecule has 2 nitrogen and oxygen atoms in total. The molecule has 1 fully saturated rings. The first-order valence-electron chi connectivity index (χ1n) is 8.12. The lowest BCUT2D eigenvalue weighted by Gasteiger charge is -2.34. The van der Waals surface area contributed by atoms with Crippen LogP contribution in [0, 0.1) is 0 Å². The van der Waals surface area contributed by atoms with Gasteiger partial charge in [-0.1, -0.05) is 49.6 Å². The molecule has 0 aliphatic heterocycles. The normalized spacial score (nSPS) is 18.2. The molecule has 0 amide bonds. The number of Topliss-reactive ketones (excluding diaryl/α,β-unsaturated/α-hetero) is 1. The number of hydrogen-bond acceptors (Lipinski definition) is 2. The van der Waals surface area contributed by atoms with E-state index in [9.17, 15) is 4.79 Å². The van der Waals surface area contributed by atoms with Crippen LogP contribution in [0.3, 0.4) is 0 Å². The topological polar surface area (TPSA) is 20.3 Å². The van der Waals surface area contributed by atoms with Gasteiger partial charge in [0.1, 0.15) is 5.78 Å². The maximum Gasteiger partial charge on any atom is 0.133 e. The Morgan fingerprint density at radius 1 is 1.18 bits per heavy atom. The molecule has 22 heavy (non-hydrogen) atoms. The number of carbonyl (C=O) groups is 1. The average molecular weight is 299 g/mol. The Morgan fingerprint density at radius 2 is 1.82 bits per heavy atom. The lowest BCUT2D eigenvalue weighted by molar-refractivity contribution is -0.121. The van der Waals surface area contributed by atoms with Gasteiger partial charge in [-0.05, 0) is 37.8 Å². The highest BCUT2D eigenvalue weighted by atomic mass is 16.1. The lowest BCUT2D eigenvalue weighted by Crippen LogP contribution is -2.40. The molecule has 1 saturated carbocycles. The minimum absolute atomic E-state index is 0.404. The van der Waals surface area contributed by atoms with Crippen LogP contribution in [0.4, 0.5) is 0 Å². The van der Waals surface area contributed by atoms with Crippen molar-refractivity contribution in [1.82, 2.24) is 4.90 Å². The zero-order chi connectivity index (χ0) is 16.4. The first-order valence-corrected chi connectivity index (χ1v) is 8.12. The van der Waals surface area contributed by atoms with Crippen molar-refractivity contribution in [3.8, 4) is 0 Å². The summed E-state index contributed by atoms with van der Waals surface area (Å²) in [5.41, 5.74) is 2.48. The molecule has 0 heterocycles.